The summed E-state index contributed by atoms with van der Waals surface area (Å²) in [7, 11) is 0. The third-order valence-electron chi connectivity index (χ3n) is 4.69. The Hall–Kier alpha value is -3.01. The van der Waals surface area contributed by atoms with Crippen molar-refractivity contribution in [1.29, 1.82) is 0 Å². The Bertz CT molecular complexity index is 957. The van der Waals surface area contributed by atoms with Gasteiger partial charge in [0.1, 0.15) is 0 Å². The molecule has 0 N–H and O–H groups in total. The summed E-state index contributed by atoms with van der Waals surface area (Å²) in [5.41, 5.74) is 0.578. The van der Waals surface area contributed by atoms with Crippen molar-refractivity contribution < 1.29 is 9.45 Å². The predicted molar refractivity (Wildman–Crippen MR) is 97.7 cm³/mol. The van der Waals surface area contributed by atoms with Crippen LogP contribution in [0.3, 0.4) is 0 Å². The first-order valence-electron chi connectivity index (χ1n) is 8.94. The van der Waals surface area contributed by atoms with E-state index in [-0.39, 0.29) is 16.7 Å². The fourth-order valence-electron chi connectivity index (χ4n) is 3.23. The second-order valence-corrected chi connectivity index (χ2v) is 6.91. The third kappa shape index (κ3) is 3.35. The van der Waals surface area contributed by atoms with Crippen LogP contribution in [0.15, 0.2) is 28.9 Å². The third-order valence-corrected chi connectivity index (χ3v) is 4.69. The highest BCUT2D eigenvalue weighted by molar-refractivity contribution is 5.63. The van der Waals surface area contributed by atoms with Crippen LogP contribution in [-0.4, -0.2) is 55.5 Å². The van der Waals surface area contributed by atoms with E-state index in [1.807, 2.05) is 24.8 Å². The maximum Gasteiger partial charge on any atom is 0.372 e. The molecule has 10 heteroatoms. The summed E-state index contributed by atoms with van der Waals surface area (Å²) in [5, 5.41) is 15.6. The molecule has 0 unspecified atom stereocenters. The smallest absolute Gasteiger partial charge is 0.358 e. The van der Waals surface area contributed by atoms with Gasteiger partial charge in [-0.1, -0.05) is 25.1 Å². The van der Waals surface area contributed by atoms with Crippen molar-refractivity contribution in [3.05, 3.63) is 46.2 Å². The van der Waals surface area contributed by atoms with E-state index in [4.69, 9.17) is 4.52 Å². The number of fused-ring (bicyclic) bond motifs is 1. The van der Waals surface area contributed by atoms with E-state index in [1.54, 1.807) is 18.3 Å². The van der Waals surface area contributed by atoms with Gasteiger partial charge in [-0.3, -0.25) is 4.90 Å². The van der Waals surface area contributed by atoms with E-state index >= 15 is 0 Å². The summed E-state index contributed by atoms with van der Waals surface area (Å²) < 4.78 is 6.83. The van der Waals surface area contributed by atoms with Crippen LogP contribution in [-0.2, 0) is 6.54 Å². The van der Waals surface area contributed by atoms with Gasteiger partial charge in [-0.15, -0.1) is 0 Å². The second kappa shape index (κ2) is 6.95. The fourth-order valence-corrected chi connectivity index (χ4v) is 3.23. The largest absolute Gasteiger partial charge is 0.372 e. The summed E-state index contributed by atoms with van der Waals surface area (Å²) in [6.45, 7) is 7.41. The van der Waals surface area contributed by atoms with Crippen molar-refractivity contribution in [3.8, 4) is 0 Å². The Morgan fingerprint density at radius 2 is 2.00 bits per heavy atom. The van der Waals surface area contributed by atoms with E-state index in [1.165, 1.54) is 4.40 Å². The molecule has 3 aromatic heterocycles. The predicted octanol–water partition coefficient (Wildman–Crippen LogP) is 2.07. The molecule has 0 aromatic carbocycles. The Morgan fingerprint density at radius 3 is 2.67 bits per heavy atom. The van der Waals surface area contributed by atoms with E-state index in [0.717, 1.165) is 13.1 Å². The molecule has 1 fully saturated rings. The van der Waals surface area contributed by atoms with Gasteiger partial charge in [-0.2, -0.15) is 14.4 Å². The van der Waals surface area contributed by atoms with Gasteiger partial charge in [0.2, 0.25) is 17.4 Å². The van der Waals surface area contributed by atoms with Crippen LogP contribution in [0.25, 0.3) is 5.65 Å². The quantitative estimate of drug-likeness (QED) is 0.496. The molecule has 0 atom stereocenters. The maximum absolute atomic E-state index is 11.6. The molecule has 0 amide bonds. The highest BCUT2D eigenvalue weighted by Crippen LogP contribution is 2.29. The lowest BCUT2D eigenvalue weighted by Crippen LogP contribution is -2.46. The van der Waals surface area contributed by atoms with Gasteiger partial charge in [-0.25, -0.2) is 0 Å². The van der Waals surface area contributed by atoms with Crippen molar-refractivity contribution >= 4 is 17.3 Å². The monoisotopic (exact) mass is 371 g/mol. The minimum Gasteiger partial charge on any atom is -0.358 e. The lowest BCUT2D eigenvalue weighted by molar-refractivity contribution is -0.389. The second-order valence-electron chi connectivity index (χ2n) is 6.91. The molecule has 0 aliphatic carbocycles. The van der Waals surface area contributed by atoms with Gasteiger partial charge in [0.25, 0.3) is 0 Å². The molecule has 1 saturated heterocycles. The molecule has 0 spiro atoms. The standard InChI is InChI=1S/C17H21N7O3/c1-12(2)15-19-14(27-20-15)11-21-7-9-22(10-8-21)16-17(24(25)26)23-6-4-3-5-13(23)18-16/h3-6,12H,7-11H2,1-2H3. The number of imidazole rings is 1. The normalized spacial score (nSPS) is 15.7. The SMILES string of the molecule is CC(C)c1noc(CN2CCN(c3nc4ccccn4c3[N+](=O)[O-])CC2)n1. The van der Waals surface area contributed by atoms with Crippen molar-refractivity contribution in [1.82, 2.24) is 24.4 Å². The number of piperazine rings is 1. The van der Waals surface area contributed by atoms with Crippen LogP contribution in [0.1, 0.15) is 31.5 Å². The van der Waals surface area contributed by atoms with Crippen molar-refractivity contribution in [2.45, 2.75) is 26.3 Å². The average molecular weight is 371 g/mol. The molecule has 4 heterocycles. The van der Waals surface area contributed by atoms with E-state index in [9.17, 15) is 10.1 Å². The number of hydrogen-bond donors (Lipinski definition) is 0. The minimum atomic E-state index is -0.367. The van der Waals surface area contributed by atoms with Gasteiger partial charge in [0.05, 0.1) is 12.7 Å². The van der Waals surface area contributed by atoms with Crippen molar-refractivity contribution in [3.63, 3.8) is 0 Å². The lowest BCUT2D eigenvalue weighted by Gasteiger charge is -2.33. The topological polar surface area (TPSA) is 106 Å². The molecule has 0 bridgehead atoms. The first-order chi connectivity index (χ1) is 13.0. The van der Waals surface area contributed by atoms with Crippen LogP contribution in [0, 0.1) is 10.1 Å². The lowest BCUT2D eigenvalue weighted by atomic mass is 10.2. The number of nitrogens with zero attached hydrogens (tertiary/aromatic N) is 7. The first kappa shape index (κ1) is 17.4. The Kier molecular flexibility index (Phi) is 4.48. The zero-order valence-electron chi connectivity index (χ0n) is 15.3. The number of rotatable bonds is 5. The van der Waals surface area contributed by atoms with Crippen LogP contribution in [0.2, 0.25) is 0 Å². The Labute approximate surface area is 155 Å². The molecule has 0 radical (unpaired) electrons. The number of aromatic nitrogens is 4. The van der Waals surface area contributed by atoms with Crippen LogP contribution < -0.4 is 4.90 Å². The molecule has 10 nitrogen and oxygen atoms in total. The molecule has 3 aromatic rings. The Balaban J connectivity index is 1.47. The Morgan fingerprint density at radius 1 is 1.22 bits per heavy atom. The van der Waals surface area contributed by atoms with Crippen molar-refractivity contribution in [2.24, 2.45) is 0 Å². The highest BCUT2D eigenvalue weighted by Gasteiger charge is 2.29. The van der Waals surface area contributed by atoms with Gasteiger partial charge < -0.3 is 19.5 Å². The number of nitro groups is 1. The van der Waals surface area contributed by atoms with Gasteiger partial charge >= 0.3 is 5.82 Å². The van der Waals surface area contributed by atoms with Gasteiger partial charge in [0.15, 0.2) is 5.82 Å². The van der Waals surface area contributed by atoms with Gasteiger partial charge in [-0.05, 0) is 11.0 Å². The molecular weight excluding hydrogens is 350 g/mol. The van der Waals surface area contributed by atoms with E-state index in [2.05, 4.69) is 20.0 Å². The molecular formula is C17H21N7O3. The highest BCUT2D eigenvalue weighted by atomic mass is 16.6. The number of anilines is 1. The summed E-state index contributed by atoms with van der Waals surface area (Å²) in [5.74, 6) is 1.98. The average Bonchev–Trinajstić information content (AvgIpc) is 3.27. The van der Waals surface area contributed by atoms with E-state index < -0.39 is 0 Å². The molecule has 1 aliphatic heterocycles. The first-order valence-corrected chi connectivity index (χ1v) is 8.94. The number of pyridine rings is 1. The molecule has 1 aliphatic rings. The summed E-state index contributed by atoms with van der Waals surface area (Å²) in [6, 6.07) is 5.36. The fraction of sp³-hybridized carbons (Fsp3) is 0.471. The van der Waals surface area contributed by atoms with Crippen LogP contribution >= 0.6 is 0 Å². The summed E-state index contributed by atoms with van der Waals surface area (Å²) >= 11 is 0. The summed E-state index contributed by atoms with van der Waals surface area (Å²) in [4.78, 5) is 24.3. The molecule has 4 rings (SSSR count). The summed E-state index contributed by atoms with van der Waals surface area (Å²) in [6.07, 6.45) is 1.67. The zero-order chi connectivity index (χ0) is 19.0. The minimum absolute atomic E-state index is 0.0116. The molecule has 142 valence electrons. The van der Waals surface area contributed by atoms with Gasteiger partial charge in [0, 0.05) is 38.2 Å². The van der Waals surface area contributed by atoms with Crippen molar-refractivity contribution in [2.75, 3.05) is 31.1 Å². The van der Waals surface area contributed by atoms with Crippen LogP contribution in [0.5, 0.6) is 0 Å². The number of hydrogen-bond acceptors (Lipinski definition) is 8. The molecule has 0 saturated carbocycles. The maximum atomic E-state index is 11.6. The van der Waals surface area contributed by atoms with Crippen LogP contribution in [0.4, 0.5) is 11.6 Å². The molecule has 27 heavy (non-hydrogen) atoms. The zero-order valence-corrected chi connectivity index (χ0v) is 15.3. The van der Waals surface area contributed by atoms with E-state index in [0.29, 0.717) is 42.8 Å².